The molecule has 0 saturated carbocycles. The van der Waals surface area contributed by atoms with Crippen molar-refractivity contribution in [3.05, 3.63) is 52.3 Å². The van der Waals surface area contributed by atoms with Gasteiger partial charge in [-0.05, 0) is 38.4 Å². The number of methoxy groups -OCH3 is 1. The Morgan fingerprint density at radius 3 is 2.52 bits per heavy atom. The fourth-order valence-electron chi connectivity index (χ4n) is 2.35. The molecule has 2 rings (SSSR count). The van der Waals surface area contributed by atoms with Gasteiger partial charge < -0.3 is 19.3 Å². The number of pyridine rings is 1. The van der Waals surface area contributed by atoms with Gasteiger partial charge in [-0.2, -0.15) is 0 Å². The minimum absolute atomic E-state index is 0.234. The normalized spacial score (nSPS) is 10.8. The quantitative estimate of drug-likeness (QED) is 0.879. The summed E-state index contributed by atoms with van der Waals surface area (Å²) in [7, 11) is 5.36. The highest BCUT2D eigenvalue weighted by molar-refractivity contribution is 5.87. The van der Waals surface area contributed by atoms with Crippen LogP contribution in [0.5, 0.6) is 5.75 Å². The minimum atomic E-state index is -1.22. The summed E-state index contributed by atoms with van der Waals surface area (Å²) in [5, 5.41) is 9.18. The molecule has 1 aromatic carbocycles. The van der Waals surface area contributed by atoms with Crippen LogP contribution in [0, 0.1) is 0 Å². The van der Waals surface area contributed by atoms with Gasteiger partial charge in [-0.15, -0.1) is 0 Å². The van der Waals surface area contributed by atoms with Crippen LogP contribution in [0.2, 0.25) is 0 Å². The molecule has 0 saturated heterocycles. The summed E-state index contributed by atoms with van der Waals surface area (Å²) in [6.45, 7) is 1.01. The Hall–Kier alpha value is -2.60. The maximum Gasteiger partial charge on any atom is 0.341 e. The van der Waals surface area contributed by atoms with Gasteiger partial charge in [0, 0.05) is 18.7 Å². The summed E-state index contributed by atoms with van der Waals surface area (Å²) in [6.07, 6.45) is 0. The highest BCUT2D eigenvalue weighted by atomic mass is 16.5. The third kappa shape index (κ3) is 3.60. The second-order valence-corrected chi connectivity index (χ2v) is 5.40. The van der Waals surface area contributed by atoms with Gasteiger partial charge >= 0.3 is 5.97 Å². The topological polar surface area (TPSA) is 71.8 Å². The number of hydrogen-bond donors (Lipinski definition) is 1. The predicted molar refractivity (Wildman–Crippen MR) is 88.2 cm³/mol. The first-order valence-corrected chi connectivity index (χ1v) is 7.21. The van der Waals surface area contributed by atoms with Crippen LogP contribution in [0.25, 0.3) is 11.3 Å². The van der Waals surface area contributed by atoms with Crippen molar-refractivity contribution in [2.45, 2.75) is 6.54 Å². The number of carboxylic acid groups (broad SMARTS) is 1. The van der Waals surface area contributed by atoms with Crippen molar-refractivity contribution in [2.75, 3.05) is 27.7 Å². The van der Waals surface area contributed by atoms with E-state index in [1.807, 2.05) is 37.2 Å². The van der Waals surface area contributed by atoms with Gasteiger partial charge in [0.2, 0.25) is 0 Å². The van der Waals surface area contributed by atoms with Crippen LogP contribution >= 0.6 is 0 Å². The van der Waals surface area contributed by atoms with Gasteiger partial charge in [0.1, 0.15) is 11.3 Å². The van der Waals surface area contributed by atoms with E-state index in [0.717, 1.165) is 5.56 Å². The van der Waals surface area contributed by atoms with E-state index in [-0.39, 0.29) is 5.56 Å². The van der Waals surface area contributed by atoms with Crippen LogP contribution in [0.1, 0.15) is 10.4 Å². The van der Waals surface area contributed by atoms with Crippen molar-refractivity contribution in [1.82, 2.24) is 9.47 Å². The molecule has 0 aliphatic heterocycles. The molecule has 0 fully saturated rings. The number of likely N-dealkylation sites (N-methyl/N-ethyl adjacent to an activating group) is 1. The van der Waals surface area contributed by atoms with E-state index in [2.05, 4.69) is 0 Å². The van der Waals surface area contributed by atoms with Crippen LogP contribution in [-0.4, -0.2) is 48.3 Å². The molecule has 122 valence electrons. The second-order valence-electron chi connectivity index (χ2n) is 5.40. The molecule has 6 nitrogen and oxygen atoms in total. The Balaban J connectivity index is 2.65. The van der Waals surface area contributed by atoms with E-state index < -0.39 is 11.5 Å². The van der Waals surface area contributed by atoms with Crippen LogP contribution in [0.15, 0.2) is 41.2 Å². The average Bonchev–Trinajstić information content (AvgIpc) is 2.52. The number of carbonyl (C=O) groups is 1. The lowest BCUT2D eigenvalue weighted by molar-refractivity contribution is 0.0694. The molecule has 0 amide bonds. The van der Waals surface area contributed by atoms with E-state index in [0.29, 0.717) is 24.5 Å². The Morgan fingerprint density at radius 1 is 1.22 bits per heavy atom. The fourth-order valence-corrected chi connectivity index (χ4v) is 2.35. The van der Waals surface area contributed by atoms with Gasteiger partial charge in [0.05, 0.1) is 12.8 Å². The van der Waals surface area contributed by atoms with Crippen LogP contribution in [-0.2, 0) is 6.54 Å². The number of nitrogens with zero attached hydrogens (tertiary/aromatic N) is 2. The molecular formula is C17H20N2O4. The zero-order valence-corrected chi connectivity index (χ0v) is 13.4. The third-order valence-corrected chi connectivity index (χ3v) is 3.56. The maximum atomic E-state index is 12.5. The first kappa shape index (κ1) is 16.8. The molecule has 1 aromatic heterocycles. The third-order valence-electron chi connectivity index (χ3n) is 3.56. The molecule has 0 spiro atoms. The van der Waals surface area contributed by atoms with E-state index in [9.17, 15) is 14.7 Å². The minimum Gasteiger partial charge on any atom is -0.496 e. The molecule has 0 unspecified atom stereocenters. The van der Waals surface area contributed by atoms with Crippen molar-refractivity contribution >= 4 is 5.97 Å². The monoisotopic (exact) mass is 316 g/mol. The summed E-state index contributed by atoms with van der Waals surface area (Å²) in [4.78, 5) is 25.7. The highest BCUT2D eigenvalue weighted by Crippen LogP contribution is 2.28. The molecule has 23 heavy (non-hydrogen) atoms. The Kier molecular flexibility index (Phi) is 5.18. The first-order valence-electron chi connectivity index (χ1n) is 7.21. The first-order chi connectivity index (χ1) is 11.0. The van der Waals surface area contributed by atoms with Crippen LogP contribution < -0.4 is 10.3 Å². The van der Waals surface area contributed by atoms with Gasteiger partial charge in [0.25, 0.3) is 5.56 Å². The number of rotatable bonds is 6. The molecule has 6 heteroatoms. The molecule has 0 atom stereocenters. The largest absolute Gasteiger partial charge is 0.496 e. The molecule has 0 aliphatic carbocycles. The Labute approximate surface area is 134 Å². The van der Waals surface area contributed by atoms with Gasteiger partial charge in [-0.25, -0.2) is 4.79 Å². The number of ether oxygens (including phenoxy) is 1. The number of aromatic nitrogens is 1. The van der Waals surface area contributed by atoms with Crippen molar-refractivity contribution in [1.29, 1.82) is 0 Å². The average molecular weight is 316 g/mol. The number of carboxylic acids is 1. The standard InChI is InChI=1S/C17H20N2O4/c1-18(2)10-11-19-14(9-8-13(16(19)20)17(21)22)12-6-4-5-7-15(12)23-3/h4-9H,10-11H2,1-3H3,(H,21,22). The lowest BCUT2D eigenvalue weighted by atomic mass is 10.1. The van der Waals surface area contributed by atoms with E-state index >= 15 is 0 Å². The zero-order valence-electron chi connectivity index (χ0n) is 13.4. The molecule has 1 heterocycles. The SMILES string of the molecule is COc1ccccc1-c1ccc(C(=O)O)c(=O)n1CCN(C)C. The van der Waals surface area contributed by atoms with Gasteiger partial charge in [0.15, 0.2) is 0 Å². The smallest absolute Gasteiger partial charge is 0.341 e. The molecule has 0 bridgehead atoms. The summed E-state index contributed by atoms with van der Waals surface area (Å²) >= 11 is 0. The van der Waals surface area contributed by atoms with Gasteiger partial charge in [-0.1, -0.05) is 12.1 Å². The van der Waals surface area contributed by atoms with Crippen LogP contribution in [0.3, 0.4) is 0 Å². The van der Waals surface area contributed by atoms with Crippen molar-refractivity contribution in [3.63, 3.8) is 0 Å². The summed E-state index contributed by atoms with van der Waals surface area (Å²) in [6, 6.07) is 10.3. The van der Waals surface area contributed by atoms with Crippen molar-refractivity contribution in [3.8, 4) is 17.0 Å². The molecule has 1 N–H and O–H groups in total. The number of benzene rings is 1. The highest BCUT2D eigenvalue weighted by Gasteiger charge is 2.17. The number of para-hydroxylation sites is 1. The number of aromatic carboxylic acids is 1. The Morgan fingerprint density at radius 2 is 1.91 bits per heavy atom. The summed E-state index contributed by atoms with van der Waals surface area (Å²) < 4.78 is 6.84. The predicted octanol–water partition coefficient (Wildman–Crippen LogP) is 1.78. The van der Waals surface area contributed by atoms with Crippen molar-refractivity contribution in [2.24, 2.45) is 0 Å². The zero-order chi connectivity index (χ0) is 17.0. The van der Waals surface area contributed by atoms with E-state index in [1.165, 1.54) is 10.6 Å². The maximum absolute atomic E-state index is 12.5. The molecule has 2 aromatic rings. The molecular weight excluding hydrogens is 296 g/mol. The summed E-state index contributed by atoms with van der Waals surface area (Å²) in [5.41, 5.74) is 0.646. The fraction of sp³-hybridized carbons (Fsp3) is 0.294. The van der Waals surface area contributed by atoms with Crippen molar-refractivity contribution < 1.29 is 14.6 Å². The Bertz CT molecular complexity index is 765. The lowest BCUT2D eigenvalue weighted by Gasteiger charge is -2.18. The second kappa shape index (κ2) is 7.11. The molecule has 0 aliphatic rings. The summed E-state index contributed by atoms with van der Waals surface area (Å²) in [5.74, 6) is -0.589. The van der Waals surface area contributed by atoms with E-state index in [1.54, 1.807) is 19.2 Å². The number of hydrogen-bond acceptors (Lipinski definition) is 4. The van der Waals surface area contributed by atoms with Gasteiger partial charge in [-0.3, -0.25) is 4.79 Å². The van der Waals surface area contributed by atoms with Crippen LogP contribution in [0.4, 0.5) is 0 Å². The van der Waals surface area contributed by atoms with E-state index in [4.69, 9.17) is 4.74 Å². The lowest BCUT2D eigenvalue weighted by Crippen LogP contribution is -2.31. The molecule has 0 radical (unpaired) electrons.